The fraction of sp³-hybridized carbons (Fsp3) is 0.609. The number of carbonyl (C=O) groups is 1. The van der Waals surface area contributed by atoms with E-state index in [9.17, 15) is 4.79 Å². The summed E-state index contributed by atoms with van der Waals surface area (Å²) in [5.41, 5.74) is 8.16. The van der Waals surface area contributed by atoms with Crippen LogP contribution in [0.2, 0.25) is 0 Å². The van der Waals surface area contributed by atoms with Gasteiger partial charge in [0.15, 0.2) is 0 Å². The van der Waals surface area contributed by atoms with Crippen LogP contribution in [-0.4, -0.2) is 18.5 Å². The molecule has 1 amide bonds. The van der Waals surface area contributed by atoms with E-state index in [1.54, 1.807) is 0 Å². The zero-order valence-corrected chi connectivity index (χ0v) is 17.1. The molecule has 1 aliphatic rings. The molecule has 1 aliphatic carbocycles. The van der Waals surface area contributed by atoms with Crippen LogP contribution in [0.1, 0.15) is 77.0 Å². The number of unbranched alkanes of at least 4 members (excludes halogenated alkanes) is 3. The predicted octanol–water partition coefficient (Wildman–Crippen LogP) is 6.70. The SMILES string of the molecule is [N-]=[N+]=NCCCC/C=C\C/C=C\C/C=C\C/C=C\CCCC(=O)NC1CCC1. The van der Waals surface area contributed by atoms with Gasteiger partial charge in [-0.05, 0) is 76.2 Å². The molecule has 0 aromatic rings. The molecule has 154 valence electrons. The maximum atomic E-state index is 11.7. The first-order valence-electron chi connectivity index (χ1n) is 10.7. The number of hydrogen-bond acceptors (Lipinski definition) is 2. The Kier molecular flexibility index (Phi) is 15.4. The zero-order valence-electron chi connectivity index (χ0n) is 17.1. The van der Waals surface area contributed by atoms with Crippen molar-refractivity contribution in [1.29, 1.82) is 0 Å². The smallest absolute Gasteiger partial charge is 0.220 e. The summed E-state index contributed by atoms with van der Waals surface area (Å²) in [7, 11) is 0. The van der Waals surface area contributed by atoms with Gasteiger partial charge >= 0.3 is 0 Å². The van der Waals surface area contributed by atoms with Gasteiger partial charge in [-0.15, -0.1) is 0 Å². The van der Waals surface area contributed by atoms with Gasteiger partial charge in [-0.2, -0.15) is 0 Å². The van der Waals surface area contributed by atoms with Crippen molar-refractivity contribution >= 4 is 5.91 Å². The second kappa shape index (κ2) is 18.1. The number of allylic oxidation sites excluding steroid dienone is 8. The first-order valence-corrected chi connectivity index (χ1v) is 10.7. The normalized spacial score (nSPS) is 14.9. The summed E-state index contributed by atoms with van der Waals surface area (Å²) in [5.74, 6) is 0.213. The van der Waals surface area contributed by atoms with Crippen LogP contribution in [0.25, 0.3) is 10.4 Å². The molecule has 0 aromatic heterocycles. The van der Waals surface area contributed by atoms with Crippen molar-refractivity contribution in [2.45, 2.75) is 83.1 Å². The molecule has 1 fully saturated rings. The summed E-state index contributed by atoms with van der Waals surface area (Å²) < 4.78 is 0. The molecule has 0 saturated heterocycles. The first kappa shape index (κ1) is 23.8. The van der Waals surface area contributed by atoms with E-state index in [1.165, 1.54) is 6.42 Å². The quantitative estimate of drug-likeness (QED) is 0.104. The van der Waals surface area contributed by atoms with E-state index < -0.39 is 0 Å². The van der Waals surface area contributed by atoms with Crippen molar-refractivity contribution in [2.75, 3.05) is 6.54 Å². The minimum Gasteiger partial charge on any atom is -0.353 e. The molecule has 1 saturated carbocycles. The van der Waals surface area contributed by atoms with Gasteiger partial charge in [-0.25, -0.2) is 0 Å². The van der Waals surface area contributed by atoms with Gasteiger partial charge in [0, 0.05) is 23.9 Å². The molecule has 0 radical (unpaired) electrons. The molecule has 0 aliphatic heterocycles. The highest BCUT2D eigenvalue weighted by Gasteiger charge is 2.18. The van der Waals surface area contributed by atoms with Crippen LogP contribution < -0.4 is 5.32 Å². The van der Waals surface area contributed by atoms with Crippen molar-refractivity contribution in [3.05, 3.63) is 59.1 Å². The van der Waals surface area contributed by atoms with Crippen LogP contribution in [0.3, 0.4) is 0 Å². The first-order chi connectivity index (χ1) is 13.8. The third-order valence-electron chi connectivity index (χ3n) is 4.67. The third-order valence-corrected chi connectivity index (χ3v) is 4.67. The molecule has 0 atom stereocenters. The van der Waals surface area contributed by atoms with Gasteiger partial charge < -0.3 is 5.32 Å². The second-order valence-corrected chi connectivity index (χ2v) is 7.13. The van der Waals surface area contributed by atoms with Gasteiger partial charge in [0.25, 0.3) is 0 Å². The summed E-state index contributed by atoms with van der Waals surface area (Å²) >= 11 is 0. The summed E-state index contributed by atoms with van der Waals surface area (Å²) in [5, 5.41) is 6.59. The number of rotatable bonds is 16. The molecule has 5 heteroatoms. The highest BCUT2D eigenvalue weighted by Crippen LogP contribution is 2.18. The van der Waals surface area contributed by atoms with Crippen molar-refractivity contribution in [1.82, 2.24) is 5.32 Å². The standard InChI is InChI=1S/C23H36N4O/c24-27-25-21-16-14-12-10-8-6-4-2-1-3-5-7-9-11-13-15-20-23(28)26-22-18-17-19-22/h2-5,8-11,22H,1,6-7,12-21H2,(H,26,28)/b4-2-,5-3-,10-8-,11-9-. The monoisotopic (exact) mass is 384 g/mol. The molecular formula is C23H36N4O. The predicted molar refractivity (Wildman–Crippen MR) is 118 cm³/mol. The number of nitrogens with zero attached hydrogens (tertiary/aromatic N) is 3. The Morgan fingerprint density at radius 1 is 0.893 bits per heavy atom. The lowest BCUT2D eigenvalue weighted by Crippen LogP contribution is -2.39. The minimum absolute atomic E-state index is 0.213. The highest BCUT2D eigenvalue weighted by atomic mass is 16.1. The summed E-state index contributed by atoms with van der Waals surface area (Å²) in [6, 6.07) is 0.458. The average molecular weight is 385 g/mol. The summed E-state index contributed by atoms with van der Waals surface area (Å²) in [6.45, 7) is 0.600. The molecule has 0 heterocycles. The molecule has 5 nitrogen and oxygen atoms in total. The van der Waals surface area contributed by atoms with E-state index >= 15 is 0 Å². The van der Waals surface area contributed by atoms with Gasteiger partial charge in [0.2, 0.25) is 5.91 Å². The Hall–Kier alpha value is -2.26. The number of hydrogen-bond donors (Lipinski definition) is 1. The van der Waals surface area contributed by atoms with E-state index in [0.717, 1.165) is 64.2 Å². The van der Waals surface area contributed by atoms with E-state index in [0.29, 0.717) is 19.0 Å². The number of azide groups is 1. The van der Waals surface area contributed by atoms with Crippen LogP contribution >= 0.6 is 0 Å². The molecule has 0 aromatic carbocycles. The topological polar surface area (TPSA) is 77.9 Å². The molecule has 0 bridgehead atoms. The summed E-state index contributed by atoms with van der Waals surface area (Å²) in [6.07, 6.45) is 29.6. The highest BCUT2D eigenvalue weighted by molar-refractivity contribution is 5.76. The van der Waals surface area contributed by atoms with Crippen molar-refractivity contribution in [3.8, 4) is 0 Å². The lowest BCUT2D eigenvalue weighted by Gasteiger charge is -2.26. The molecular weight excluding hydrogens is 348 g/mol. The maximum absolute atomic E-state index is 11.7. The molecule has 0 unspecified atom stereocenters. The second-order valence-electron chi connectivity index (χ2n) is 7.13. The van der Waals surface area contributed by atoms with E-state index in [1.807, 2.05) is 0 Å². The number of amides is 1. The number of carbonyl (C=O) groups excluding carboxylic acids is 1. The van der Waals surface area contributed by atoms with Gasteiger partial charge in [0.05, 0.1) is 0 Å². The lowest BCUT2D eigenvalue weighted by molar-refractivity contribution is -0.122. The van der Waals surface area contributed by atoms with E-state index in [2.05, 4.69) is 64.0 Å². The Bertz CT molecular complexity index is 567. The van der Waals surface area contributed by atoms with Gasteiger partial charge in [0.1, 0.15) is 0 Å². The average Bonchev–Trinajstić information content (AvgIpc) is 2.66. The van der Waals surface area contributed by atoms with E-state index in [-0.39, 0.29) is 5.91 Å². The van der Waals surface area contributed by atoms with Crippen LogP contribution in [0.4, 0.5) is 0 Å². The minimum atomic E-state index is 0.213. The van der Waals surface area contributed by atoms with Crippen molar-refractivity contribution < 1.29 is 4.79 Å². The van der Waals surface area contributed by atoms with Crippen LogP contribution in [0.5, 0.6) is 0 Å². The van der Waals surface area contributed by atoms with Gasteiger partial charge in [-0.3, -0.25) is 4.79 Å². The Morgan fingerprint density at radius 2 is 1.46 bits per heavy atom. The number of nitrogens with one attached hydrogen (secondary N) is 1. The largest absolute Gasteiger partial charge is 0.353 e. The van der Waals surface area contributed by atoms with E-state index in [4.69, 9.17) is 5.53 Å². The van der Waals surface area contributed by atoms with Crippen LogP contribution in [0, 0.1) is 0 Å². The molecule has 0 spiro atoms. The molecule has 28 heavy (non-hydrogen) atoms. The molecule has 1 N–H and O–H groups in total. The lowest BCUT2D eigenvalue weighted by atomic mass is 9.93. The van der Waals surface area contributed by atoms with Crippen molar-refractivity contribution in [3.63, 3.8) is 0 Å². The van der Waals surface area contributed by atoms with Crippen LogP contribution in [-0.2, 0) is 4.79 Å². The van der Waals surface area contributed by atoms with Crippen LogP contribution in [0.15, 0.2) is 53.7 Å². The Morgan fingerprint density at radius 3 is 2.00 bits per heavy atom. The van der Waals surface area contributed by atoms with Gasteiger partial charge in [-0.1, -0.05) is 53.7 Å². The van der Waals surface area contributed by atoms with Crippen molar-refractivity contribution in [2.24, 2.45) is 5.11 Å². The molecule has 1 rings (SSSR count). The summed E-state index contributed by atoms with van der Waals surface area (Å²) in [4.78, 5) is 14.4. The Labute approximate surface area is 170 Å². The third kappa shape index (κ3) is 14.9. The fourth-order valence-electron chi connectivity index (χ4n) is 2.77. The maximum Gasteiger partial charge on any atom is 0.220 e. The fourth-order valence-corrected chi connectivity index (χ4v) is 2.77. The Balaban J connectivity index is 1.87. The zero-order chi connectivity index (χ0) is 20.1.